The Labute approximate surface area is 184 Å². The van der Waals surface area contributed by atoms with Crippen LogP contribution in [-0.4, -0.2) is 52.4 Å². The van der Waals surface area contributed by atoms with Gasteiger partial charge in [0.2, 0.25) is 5.91 Å². The lowest BCUT2D eigenvalue weighted by molar-refractivity contribution is -0.124. The number of rotatable bonds is 6. The molecule has 2 aromatic rings. The van der Waals surface area contributed by atoms with Crippen molar-refractivity contribution in [2.75, 3.05) is 20.1 Å². The number of nitrogens with one attached hydrogen (secondary N) is 2. The van der Waals surface area contributed by atoms with Gasteiger partial charge in [0.15, 0.2) is 5.69 Å². The maximum absolute atomic E-state index is 13.4. The number of fused-ring (bicyclic) bond motifs is 1. The monoisotopic (exact) mass is 423 g/mol. The van der Waals surface area contributed by atoms with Crippen molar-refractivity contribution in [3.05, 3.63) is 41.7 Å². The molecule has 2 heterocycles. The summed E-state index contributed by atoms with van der Waals surface area (Å²) in [5, 5.41) is 5.63. The fourth-order valence-corrected chi connectivity index (χ4v) is 4.25. The third kappa shape index (κ3) is 4.66. The number of aromatic nitrogens is 2. The fourth-order valence-electron chi connectivity index (χ4n) is 4.25. The number of imidazole rings is 1. The van der Waals surface area contributed by atoms with Crippen molar-refractivity contribution in [3.8, 4) is 11.4 Å². The molecule has 1 atom stereocenters. The summed E-state index contributed by atoms with van der Waals surface area (Å²) in [7, 11) is 1.59. The molecule has 0 saturated heterocycles. The largest absolute Gasteiger partial charge is 0.357 e. The van der Waals surface area contributed by atoms with Gasteiger partial charge < -0.3 is 15.2 Å². The number of likely N-dealkylation sites (N-methyl/N-ethyl adjacent to an activating group) is 1. The van der Waals surface area contributed by atoms with Crippen molar-refractivity contribution in [1.82, 2.24) is 25.1 Å². The topological polar surface area (TPSA) is 79.3 Å². The predicted octanol–water partition coefficient (Wildman–Crippen LogP) is 2.67. The van der Waals surface area contributed by atoms with E-state index in [1.165, 1.54) is 12.8 Å². The smallest absolute Gasteiger partial charge is 0.272 e. The van der Waals surface area contributed by atoms with Gasteiger partial charge in [0.25, 0.3) is 5.91 Å². The zero-order chi connectivity index (χ0) is 22.2. The number of amides is 2. The molecule has 0 bridgehead atoms. The third-order valence-electron chi connectivity index (χ3n) is 6.20. The van der Waals surface area contributed by atoms with Gasteiger partial charge in [0, 0.05) is 38.8 Å². The lowest BCUT2D eigenvalue weighted by atomic mass is 9.86. The lowest BCUT2D eigenvalue weighted by Crippen LogP contribution is -2.53. The molecule has 2 amide bonds. The Balaban J connectivity index is 1.68. The van der Waals surface area contributed by atoms with Crippen molar-refractivity contribution in [2.24, 2.45) is 11.3 Å². The van der Waals surface area contributed by atoms with Crippen LogP contribution in [0.4, 0.5) is 0 Å². The third-order valence-corrected chi connectivity index (χ3v) is 6.20. The molecular formula is C24H33N5O2. The SMILES string of the molecule is CNC(=O)C(NC(=O)c1nc(-c2ccccc2)n2c1CN(CC1CC1)CC2)C(C)(C)C. The van der Waals surface area contributed by atoms with E-state index in [2.05, 4.69) is 20.1 Å². The summed E-state index contributed by atoms with van der Waals surface area (Å²) in [6, 6.07) is 9.35. The summed E-state index contributed by atoms with van der Waals surface area (Å²) in [5.74, 6) is 1.12. The standard InChI is InChI=1S/C24H33N5O2/c1-24(2,3)20(23(31)25-4)27-22(30)19-18-15-28(14-16-10-11-16)12-13-29(18)21(26-19)17-8-6-5-7-9-17/h5-9,16,20H,10-15H2,1-4H3,(H,25,31)(H,27,30). The van der Waals surface area contributed by atoms with Gasteiger partial charge in [-0.1, -0.05) is 51.1 Å². The second-order valence-corrected chi connectivity index (χ2v) is 9.81. The molecule has 1 aromatic heterocycles. The molecule has 0 radical (unpaired) electrons. The van der Waals surface area contributed by atoms with Gasteiger partial charge in [0.1, 0.15) is 11.9 Å². The number of nitrogens with zero attached hydrogens (tertiary/aromatic N) is 3. The van der Waals surface area contributed by atoms with E-state index in [0.29, 0.717) is 12.2 Å². The van der Waals surface area contributed by atoms with Crippen molar-refractivity contribution in [1.29, 1.82) is 0 Å². The second-order valence-electron chi connectivity index (χ2n) is 9.81. The van der Waals surface area contributed by atoms with Crippen LogP contribution in [0.1, 0.15) is 49.8 Å². The number of hydrogen-bond donors (Lipinski definition) is 2. The van der Waals surface area contributed by atoms with Gasteiger partial charge in [0.05, 0.1) is 5.69 Å². The molecule has 7 heteroatoms. The van der Waals surface area contributed by atoms with Gasteiger partial charge >= 0.3 is 0 Å². The average Bonchev–Trinajstić information content (AvgIpc) is 3.48. The van der Waals surface area contributed by atoms with E-state index in [1.807, 2.05) is 51.1 Å². The fraction of sp³-hybridized carbons (Fsp3) is 0.542. The van der Waals surface area contributed by atoms with Crippen molar-refractivity contribution in [2.45, 2.75) is 52.7 Å². The molecule has 1 aromatic carbocycles. The van der Waals surface area contributed by atoms with Gasteiger partial charge in [-0.2, -0.15) is 0 Å². The van der Waals surface area contributed by atoms with E-state index >= 15 is 0 Å². The summed E-state index contributed by atoms with van der Waals surface area (Å²) in [4.78, 5) is 33.1. The minimum Gasteiger partial charge on any atom is -0.357 e. The average molecular weight is 424 g/mol. The Morgan fingerprint density at radius 3 is 2.48 bits per heavy atom. The quantitative estimate of drug-likeness (QED) is 0.749. The van der Waals surface area contributed by atoms with Crippen LogP contribution in [0.2, 0.25) is 0 Å². The van der Waals surface area contributed by atoms with E-state index in [0.717, 1.165) is 42.6 Å². The van der Waals surface area contributed by atoms with Crippen LogP contribution in [0, 0.1) is 11.3 Å². The van der Waals surface area contributed by atoms with Crippen molar-refractivity contribution < 1.29 is 9.59 Å². The Bertz CT molecular complexity index is 956. The van der Waals surface area contributed by atoms with E-state index in [4.69, 9.17) is 4.98 Å². The molecule has 7 nitrogen and oxygen atoms in total. The highest BCUT2D eigenvalue weighted by Gasteiger charge is 2.35. The predicted molar refractivity (Wildman–Crippen MR) is 120 cm³/mol. The highest BCUT2D eigenvalue weighted by Crippen LogP contribution is 2.32. The number of carbonyl (C=O) groups is 2. The zero-order valence-electron chi connectivity index (χ0n) is 18.9. The summed E-state index contributed by atoms with van der Waals surface area (Å²) in [6.07, 6.45) is 2.61. The maximum atomic E-state index is 13.4. The molecule has 2 aliphatic rings. The molecule has 166 valence electrons. The molecule has 31 heavy (non-hydrogen) atoms. The van der Waals surface area contributed by atoms with E-state index in [-0.39, 0.29) is 11.8 Å². The highest BCUT2D eigenvalue weighted by atomic mass is 16.2. The summed E-state index contributed by atoms with van der Waals surface area (Å²) < 4.78 is 2.18. The first-order valence-corrected chi connectivity index (χ1v) is 11.2. The molecule has 1 unspecified atom stereocenters. The number of hydrogen-bond acceptors (Lipinski definition) is 4. The Kier molecular flexibility index (Phi) is 5.88. The Morgan fingerprint density at radius 1 is 1.16 bits per heavy atom. The van der Waals surface area contributed by atoms with E-state index in [9.17, 15) is 9.59 Å². The van der Waals surface area contributed by atoms with Crippen LogP contribution >= 0.6 is 0 Å². The molecule has 1 aliphatic carbocycles. The highest BCUT2D eigenvalue weighted by molar-refractivity contribution is 5.97. The second kappa shape index (κ2) is 8.46. The minimum atomic E-state index is -0.645. The van der Waals surface area contributed by atoms with Crippen LogP contribution in [0.5, 0.6) is 0 Å². The molecule has 2 N–H and O–H groups in total. The molecule has 0 spiro atoms. The minimum absolute atomic E-state index is 0.201. The summed E-state index contributed by atoms with van der Waals surface area (Å²) in [5.41, 5.74) is 1.94. The van der Waals surface area contributed by atoms with Crippen LogP contribution in [-0.2, 0) is 17.9 Å². The van der Waals surface area contributed by atoms with Crippen LogP contribution in [0.3, 0.4) is 0 Å². The van der Waals surface area contributed by atoms with Crippen LogP contribution in [0.25, 0.3) is 11.4 Å². The number of carbonyl (C=O) groups excluding carboxylic acids is 2. The molecular weight excluding hydrogens is 390 g/mol. The van der Waals surface area contributed by atoms with Crippen molar-refractivity contribution in [3.63, 3.8) is 0 Å². The summed E-state index contributed by atoms with van der Waals surface area (Å²) >= 11 is 0. The molecule has 1 aliphatic heterocycles. The Morgan fingerprint density at radius 2 is 1.87 bits per heavy atom. The van der Waals surface area contributed by atoms with E-state index < -0.39 is 11.5 Å². The van der Waals surface area contributed by atoms with Gasteiger partial charge in [-0.3, -0.25) is 14.5 Å². The maximum Gasteiger partial charge on any atom is 0.272 e. The molecule has 1 saturated carbocycles. The van der Waals surface area contributed by atoms with Gasteiger partial charge in [-0.15, -0.1) is 0 Å². The van der Waals surface area contributed by atoms with Crippen molar-refractivity contribution >= 4 is 11.8 Å². The van der Waals surface area contributed by atoms with E-state index in [1.54, 1.807) is 7.05 Å². The first kappa shape index (κ1) is 21.6. The lowest BCUT2D eigenvalue weighted by Gasteiger charge is -2.31. The van der Waals surface area contributed by atoms with Gasteiger partial charge in [-0.05, 0) is 24.2 Å². The summed E-state index contributed by atoms with van der Waals surface area (Å²) in [6.45, 7) is 9.40. The molecule has 1 fully saturated rings. The molecule has 4 rings (SSSR count). The van der Waals surface area contributed by atoms with Crippen LogP contribution < -0.4 is 10.6 Å². The number of benzene rings is 1. The van der Waals surface area contributed by atoms with Gasteiger partial charge in [-0.25, -0.2) is 4.98 Å². The normalized spacial score (nSPS) is 17.7. The Hall–Kier alpha value is -2.67. The van der Waals surface area contributed by atoms with Crippen LogP contribution in [0.15, 0.2) is 30.3 Å². The first-order chi connectivity index (χ1) is 14.8. The first-order valence-electron chi connectivity index (χ1n) is 11.2. The zero-order valence-corrected chi connectivity index (χ0v) is 18.9.